The molecule has 1 saturated carbocycles. The van der Waals surface area contributed by atoms with Gasteiger partial charge < -0.3 is 10.1 Å². The molecule has 1 heterocycles. The van der Waals surface area contributed by atoms with Crippen LogP contribution in [-0.4, -0.2) is 19.8 Å². The van der Waals surface area contributed by atoms with E-state index in [-0.39, 0.29) is 5.60 Å². The quantitative estimate of drug-likeness (QED) is 0.905. The van der Waals surface area contributed by atoms with Crippen molar-refractivity contribution >= 4 is 21.4 Å². The molecule has 0 saturated heterocycles. The Morgan fingerprint density at radius 3 is 2.78 bits per heavy atom. The van der Waals surface area contributed by atoms with E-state index in [2.05, 4.69) is 35.0 Å². The number of hydrogen-bond acceptors (Lipinski definition) is 3. The Labute approximate surface area is 112 Å². The summed E-state index contributed by atoms with van der Waals surface area (Å²) in [5.41, 5.74) is 1.37. The molecular weight excluding hydrogens is 242 g/mol. The number of likely N-dealkylation sites (N-methyl/N-ethyl adjacent to an activating group) is 1. The first-order valence-corrected chi connectivity index (χ1v) is 7.37. The maximum absolute atomic E-state index is 5.85. The average molecular weight is 261 g/mol. The molecular formula is C15H19NOS. The van der Waals surface area contributed by atoms with Crippen molar-refractivity contribution in [3.8, 4) is 0 Å². The summed E-state index contributed by atoms with van der Waals surface area (Å²) in [5, 5.41) is 6.98. The van der Waals surface area contributed by atoms with Gasteiger partial charge in [0.2, 0.25) is 0 Å². The van der Waals surface area contributed by atoms with Gasteiger partial charge in [0.25, 0.3) is 0 Å². The topological polar surface area (TPSA) is 21.3 Å². The fraction of sp³-hybridized carbons (Fsp3) is 0.467. The van der Waals surface area contributed by atoms with E-state index >= 15 is 0 Å². The molecule has 2 nitrogen and oxygen atoms in total. The molecule has 0 radical (unpaired) electrons. The highest BCUT2D eigenvalue weighted by Gasteiger charge is 2.45. The summed E-state index contributed by atoms with van der Waals surface area (Å²) in [5.74, 6) is 0. The smallest absolute Gasteiger partial charge is 0.0872 e. The lowest BCUT2D eigenvalue weighted by atomic mass is 9.72. The monoisotopic (exact) mass is 261 g/mol. The van der Waals surface area contributed by atoms with E-state index in [1.807, 2.05) is 25.5 Å². The van der Waals surface area contributed by atoms with Gasteiger partial charge in [-0.3, -0.25) is 0 Å². The lowest BCUT2D eigenvalue weighted by Crippen LogP contribution is -2.49. The van der Waals surface area contributed by atoms with Crippen molar-refractivity contribution in [1.29, 1.82) is 0 Å². The zero-order valence-corrected chi connectivity index (χ0v) is 11.7. The second-order valence-corrected chi connectivity index (χ2v) is 5.95. The fourth-order valence-electron chi connectivity index (χ4n) is 3.08. The largest absolute Gasteiger partial charge is 0.376 e. The molecule has 1 fully saturated rings. The van der Waals surface area contributed by atoms with Gasteiger partial charge in [-0.05, 0) is 48.7 Å². The average Bonchev–Trinajstić information content (AvgIpc) is 2.82. The molecule has 1 N–H and O–H groups in total. The van der Waals surface area contributed by atoms with Gasteiger partial charge in [-0.1, -0.05) is 18.2 Å². The first kappa shape index (κ1) is 12.2. The van der Waals surface area contributed by atoms with Crippen LogP contribution in [0.4, 0.5) is 0 Å². The van der Waals surface area contributed by atoms with Crippen molar-refractivity contribution in [3.63, 3.8) is 0 Å². The summed E-state index contributed by atoms with van der Waals surface area (Å²) in [6.07, 6.45) is 3.57. The van der Waals surface area contributed by atoms with Crippen molar-refractivity contribution < 1.29 is 4.74 Å². The molecule has 96 valence electrons. The Bertz CT molecular complexity index is 539. The predicted octanol–water partition coefficient (Wildman–Crippen LogP) is 3.73. The van der Waals surface area contributed by atoms with Crippen LogP contribution in [-0.2, 0) is 4.74 Å². The van der Waals surface area contributed by atoms with Crippen LogP contribution >= 0.6 is 11.3 Å². The van der Waals surface area contributed by atoms with Gasteiger partial charge in [0.15, 0.2) is 0 Å². The van der Waals surface area contributed by atoms with Crippen molar-refractivity contribution in [2.45, 2.75) is 30.9 Å². The highest BCUT2D eigenvalue weighted by molar-refractivity contribution is 7.17. The summed E-state index contributed by atoms with van der Waals surface area (Å²) >= 11 is 1.82. The third-order valence-corrected chi connectivity index (χ3v) is 5.22. The van der Waals surface area contributed by atoms with E-state index < -0.39 is 0 Å². The Morgan fingerprint density at radius 1 is 1.33 bits per heavy atom. The number of nitrogens with one attached hydrogen (secondary N) is 1. The minimum absolute atomic E-state index is 0.00692. The summed E-state index contributed by atoms with van der Waals surface area (Å²) in [7, 11) is 3.88. The van der Waals surface area contributed by atoms with E-state index in [0.717, 1.165) is 12.8 Å². The van der Waals surface area contributed by atoms with Crippen molar-refractivity contribution in [2.24, 2.45) is 0 Å². The standard InChI is InChI=1S/C15H19NOS/c1-16-14(15(17-2)8-4-9-15)12-6-3-5-11-7-10-18-13(11)12/h3,5-7,10,14,16H,4,8-9H2,1-2H3. The highest BCUT2D eigenvalue weighted by atomic mass is 32.1. The van der Waals surface area contributed by atoms with E-state index in [4.69, 9.17) is 4.74 Å². The number of thiophene rings is 1. The van der Waals surface area contributed by atoms with Crippen molar-refractivity contribution in [3.05, 3.63) is 35.2 Å². The Kier molecular flexibility index (Phi) is 3.14. The van der Waals surface area contributed by atoms with Crippen LogP contribution < -0.4 is 5.32 Å². The second-order valence-electron chi connectivity index (χ2n) is 5.03. The number of fused-ring (bicyclic) bond motifs is 1. The number of methoxy groups -OCH3 is 1. The zero-order valence-electron chi connectivity index (χ0n) is 10.9. The maximum atomic E-state index is 5.85. The van der Waals surface area contributed by atoms with Crippen LogP contribution in [0.5, 0.6) is 0 Å². The zero-order chi connectivity index (χ0) is 12.6. The van der Waals surface area contributed by atoms with Crippen LogP contribution in [0.2, 0.25) is 0 Å². The SMILES string of the molecule is CNC(c1cccc2ccsc12)C1(OC)CCC1. The van der Waals surface area contributed by atoms with Crippen LogP contribution in [0, 0.1) is 0 Å². The van der Waals surface area contributed by atoms with E-state index in [1.165, 1.54) is 22.1 Å². The number of ether oxygens (including phenoxy) is 1. The lowest BCUT2D eigenvalue weighted by Gasteiger charge is -2.46. The lowest BCUT2D eigenvalue weighted by molar-refractivity contribution is -0.0979. The molecule has 0 amide bonds. The van der Waals surface area contributed by atoms with Crippen molar-refractivity contribution in [2.75, 3.05) is 14.2 Å². The van der Waals surface area contributed by atoms with Gasteiger partial charge in [-0.15, -0.1) is 11.3 Å². The molecule has 1 atom stereocenters. The number of hydrogen-bond donors (Lipinski definition) is 1. The predicted molar refractivity (Wildman–Crippen MR) is 77.2 cm³/mol. The third-order valence-electron chi connectivity index (χ3n) is 4.24. The molecule has 0 bridgehead atoms. The minimum Gasteiger partial charge on any atom is -0.376 e. The summed E-state index contributed by atoms with van der Waals surface area (Å²) in [4.78, 5) is 0. The third kappa shape index (κ3) is 1.69. The molecule has 1 aromatic carbocycles. The Balaban J connectivity index is 2.08. The summed E-state index contributed by atoms with van der Waals surface area (Å²) in [6, 6.07) is 9.05. The first-order valence-electron chi connectivity index (χ1n) is 6.49. The van der Waals surface area contributed by atoms with Gasteiger partial charge in [0.05, 0.1) is 11.6 Å². The summed E-state index contributed by atoms with van der Waals surface area (Å²) < 4.78 is 7.24. The minimum atomic E-state index is -0.00692. The Morgan fingerprint density at radius 2 is 2.17 bits per heavy atom. The fourth-order valence-corrected chi connectivity index (χ4v) is 4.03. The summed E-state index contributed by atoms with van der Waals surface area (Å²) in [6.45, 7) is 0. The second kappa shape index (κ2) is 4.65. The van der Waals surface area contributed by atoms with Gasteiger partial charge in [-0.25, -0.2) is 0 Å². The van der Waals surface area contributed by atoms with Crippen molar-refractivity contribution in [1.82, 2.24) is 5.32 Å². The molecule has 0 aliphatic heterocycles. The molecule has 1 aromatic heterocycles. The number of rotatable bonds is 4. The molecule has 1 unspecified atom stereocenters. The first-order chi connectivity index (χ1) is 8.80. The van der Waals surface area contributed by atoms with Gasteiger partial charge in [0, 0.05) is 11.8 Å². The molecule has 1 aliphatic rings. The van der Waals surface area contributed by atoms with E-state index in [9.17, 15) is 0 Å². The van der Waals surface area contributed by atoms with Gasteiger partial charge in [-0.2, -0.15) is 0 Å². The van der Waals surface area contributed by atoms with Gasteiger partial charge >= 0.3 is 0 Å². The maximum Gasteiger partial charge on any atom is 0.0872 e. The highest BCUT2D eigenvalue weighted by Crippen LogP contribution is 2.46. The van der Waals surface area contributed by atoms with E-state index in [0.29, 0.717) is 6.04 Å². The van der Waals surface area contributed by atoms with Crippen LogP contribution in [0.25, 0.3) is 10.1 Å². The normalized spacial score (nSPS) is 19.7. The van der Waals surface area contributed by atoms with Gasteiger partial charge in [0.1, 0.15) is 0 Å². The van der Waals surface area contributed by atoms with Crippen LogP contribution in [0.3, 0.4) is 0 Å². The molecule has 1 aliphatic carbocycles. The van der Waals surface area contributed by atoms with Crippen LogP contribution in [0.1, 0.15) is 30.9 Å². The molecule has 0 spiro atoms. The molecule has 3 heteroatoms. The molecule has 18 heavy (non-hydrogen) atoms. The Hall–Kier alpha value is -0.900. The molecule has 2 aromatic rings. The van der Waals surface area contributed by atoms with Crippen LogP contribution in [0.15, 0.2) is 29.6 Å². The number of benzene rings is 1. The van der Waals surface area contributed by atoms with E-state index in [1.54, 1.807) is 0 Å². The molecule has 3 rings (SSSR count).